The number of nitrogens with two attached hydrogens (primary N) is 1. The average molecular weight is 298 g/mol. The number of hydrogen-bond donors (Lipinski definition) is 2. The van der Waals surface area contributed by atoms with E-state index in [1.54, 1.807) is 0 Å². The number of nitrogen functional groups attached to an aromatic ring is 1. The zero-order valence-corrected chi connectivity index (χ0v) is 10.6. The van der Waals surface area contributed by atoms with E-state index in [1.165, 1.54) is 6.07 Å². The van der Waals surface area contributed by atoms with E-state index in [0.29, 0.717) is 4.90 Å². The van der Waals surface area contributed by atoms with E-state index in [9.17, 15) is 18.0 Å². The number of nitrogens with one attached hydrogen (secondary N) is 1. The van der Waals surface area contributed by atoms with Crippen LogP contribution in [0, 0.1) is 0 Å². The predicted octanol–water partition coefficient (Wildman–Crippen LogP) is 1.14. The van der Waals surface area contributed by atoms with Gasteiger partial charge < -0.3 is 16.0 Å². The molecule has 0 aliphatic carbocycles. The summed E-state index contributed by atoms with van der Waals surface area (Å²) in [4.78, 5) is 19.3. The minimum absolute atomic E-state index is 0.0612. The van der Waals surface area contributed by atoms with E-state index in [0.717, 1.165) is 7.05 Å². The van der Waals surface area contributed by atoms with Crippen molar-refractivity contribution in [1.82, 2.24) is 14.9 Å². The molecule has 0 aliphatic heterocycles. The van der Waals surface area contributed by atoms with Gasteiger partial charge in [0.15, 0.2) is 0 Å². The smallest absolute Gasteiger partial charge is 0.368 e. The molecule has 0 fully saturated rings. The number of alkyl halides is 3. The first kappa shape index (κ1) is 15.3. The summed E-state index contributed by atoms with van der Waals surface area (Å²) in [6, 6.07) is 1.30. The zero-order valence-electron chi connectivity index (χ0n) is 9.83. The second kappa shape index (κ2) is 5.91. The molecule has 0 atom stereocenters. The van der Waals surface area contributed by atoms with Crippen LogP contribution in [0.2, 0.25) is 5.15 Å². The van der Waals surface area contributed by atoms with Crippen LogP contribution in [-0.4, -0.2) is 47.1 Å². The van der Waals surface area contributed by atoms with Gasteiger partial charge in [0.25, 0.3) is 0 Å². The van der Waals surface area contributed by atoms with Gasteiger partial charge in [-0.05, 0) is 0 Å². The Hall–Kier alpha value is -1.77. The molecule has 19 heavy (non-hydrogen) atoms. The van der Waals surface area contributed by atoms with E-state index in [1.807, 2.05) is 0 Å². The second-order valence-corrected chi connectivity index (χ2v) is 4.04. The number of carbonyl (C=O) groups excluding carboxylic acids is 1. The molecule has 0 unspecified atom stereocenters. The summed E-state index contributed by atoms with van der Waals surface area (Å²) in [6.45, 7) is -1.68. The van der Waals surface area contributed by atoms with Gasteiger partial charge in [0.1, 0.15) is 17.5 Å². The fraction of sp³-hybridized carbons (Fsp3) is 0.444. The normalized spacial score (nSPS) is 11.2. The van der Waals surface area contributed by atoms with Crippen LogP contribution in [-0.2, 0) is 4.79 Å². The molecule has 6 nitrogen and oxygen atoms in total. The van der Waals surface area contributed by atoms with Crippen molar-refractivity contribution in [2.45, 2.75) is 6.18 Å². The number of carbonyl (C=O) groups is 1. The average Bonchev–Trinajstić information content (AvgIpc) is 2.22. The Kier molecular flexibility index (Phi) is 4.76. The molecule has 0 radical (unpaired) electrons. The molecule has 3 N–H and O–H groups in total. The summed E-state index contributed by atoms with van der Waals surface area (Å²) >= 11 is 5.60. The molecule has 0 bridgehead atoms. The van der Waals surface area contributed by atoms with Gasteiger partial charge in [-0.2, -0.15) is 18.2 Å². The topological polar surface area (TPSA) is 84.1 Å². The third-order valence-electron chi connectivity index (χ3n) is 1.98. The summed E-state index contributed by atoms with van der Waals surface area (Å²) in [5, 5.41) is 2.58. The number of anilines is 2. The van der Waals surface area contributed by atoms with Gasteiger partial charge in [0.05, 0.1) is 6.54 Å². The van der Waals surface area contributed by atoms with Crippen molar-refractivity contribution in [3.05, 3.63) is 11.2 Å². The summed E-state index contributed by atoms with van der Waals surface area (Å²) in [7, 11) is 1.05. The predicted molar refractivity (Wildman–Crippen MR) is 63.6 cm³/mol. The maximum atomic E-state index is 12.1. The fourth-order valence-electron chi connectivity index (χ4n) is 1.18. The fourth-order valence-corrected chi connectivity index (χ4v) is 1.37. The Bertz CT molecular complexity index is 447. The third-order valence-corrected chi connectivity index (χ3v) is 2.17. The quantitative estimate of drug-likeness (QED) is 0.814. The van der Waals surface area contributed by atoms with Crippen molar-refractivity contribution in [1.29, 1.82) is 0 Å². The SMILES string of the molecule is CN(CC(F)(F)F)C(=O)CNc1cc(Cl)nc(N)n1. The monoisotopic (exact) mass is 297 g/mol. The number of likely N-dealkylation sites (N-methyl/N-ethyl adjacent to an activating group) is 1. The van der Waals surface area contributed by atoms with Crippen LogP contribution in [0.3, 0.4) is 0 Å². The highest BCUT2D eigenvalue weighted by Crippen LogP contribution is 2.16. The van der Waals surface area contributed by atoms with Gasteiger partial charge in [-0.15, -0.1) is 0 Å². The molecular weight excluding hydrogens is 287 g/mol. The Morgan fingerprint density at radius 1 is 1.53 bits per heavy atom. The Morgan fingerprint density at radius 3 is 2.68 bits per heavy atom. The van der Waals surface area contributed by atoms with E-state index in [2.05, 4.69) is 15.3 Å². The third kappa shape index (κ3) is 5.60. The van der Waals surface area contributed by atoms with Crippen molar-refractivity contribution in [3.63, 3.8) is 0 Å². The lowest BCUT2D eigenvalue weighted by Crippen LogP contribution is -2.39. The van der Waals surface area contributed by atoms with E-state index in [4.69, 9.17) is 17.3 Å². The lowest BCUT2D eigenvalue weighted by atomic mass is 10.4. The van der Waals surface area contributed by atoms with Gasteiger partial charge in [0, 0.05) is 13.1 Å². The zero-order chi connectivity index (χ0) is 14.6. The molecule has 0 aliphatic rings. The molecule has 10 heteroatoms. The number of amides is 1. The first-order chi connectivity index (χ1) is 8.67. The first-order valence-electron chi connectivity index (χ1n) is 5.02. The molecule has 106 valence electrons. The molecule has 1 aromatic rings. The second-order valence-electron chi connectivity index (χ2n) is 3.65. The molecule has 1 rings (SSSR count). The first-order valence-corrected chi connectivity index (χ1v) is 5.40. The summed E-state index contributed by atoms with van der Waals surface area (Å²) in [6.07, 6.45) is -4.44. The molecular formula is C9H11ClF3N5O. The van der Waals surface area contributed by atoms with Gasteiger partial charge in [0.2, 0.25) is 11.9 Å². The molecule has 1 amide bonds. The minimum Gasteiger partial charge on any atom is -0.368 e. The summed E-state index contributed by atoms with van der Waals surface area (Å²) < 4.78 is 36.2. The van der Waals surface area contributed by atoms with Crippen LogP contribution in [0.25, 0.3) is 0 Å². The van der Waals surface area contributed by atoms with Crippen LogP contribution in [0.1, 0.15) is 0 Å². The number of nitrogens with zero attached hydrogens (tertiary/aromatic N) is 3. The maximum Gasteiger partial charge on any atom is 0.406 e. The molecule has 0 aromatic carbocycles. The van der Waals surface area contributed by atoms with Crippen molar-refractivity contribution in [2.24, 2.45) is 0 Å². The molecule has 0 saturated heterocycles. The largest absolute Gasteiger partial charge is 0.406 e. The van der Waals surface area contributed by atoms with Gasteiger partial charge in [-0.3, -0.25) is 4.79 Å². The van der Waals surface area contributed by atoms with E-state index in [-0.39, 0.29) is 23.5 Å². The highest BCUT2D eigenvalue weighted by molar-refractivity contribution is 6.29. The lowest BCUT2D eigenvalue weighted by Gasteiger charge is -2.19. The summed E-state index contributed by atoms with van der Waals surface area (Å²) in [5.41, 5.74) is 5.32. The van der Waals surface area contributed by atoms with Gasteiger partial charge in [-0.1, -0.05) is 11.6 Å². The summed E-state index contributed by atoms with van der Waals surface area (Å²) in [5.74, 6) is -0.692. The van der Waals surface area contributed by atoms with Crippen LogP contribution in [0.15, 0.2) is 6.07 Å². The number of hydrogen-bond acceptors (Lipinski definition) is 5. The Labute approximate surface area is 111 Å². The van der Waals surface area contributed by atoms with Crippen molar-refractivity contribution in [2.75, 3.05) is 31.2 Å². The Balaban J connectivity index is 2.54. The number of halogens is 4. The number of aromatic nitrogens is 2. The van der Waals surface area contributed by atoms with Crippen LogP contribution >= 0.6 is 11.6 Å². The number of rotatable bonds is 4. The van der Waals surface area contributed by atoms with Crippen molar-refractivity contribution < 1.29 is 18.0 Å². The highest BCUT2D eigenvalue weighted by atomic mass is 35.5. The van der Waals surface area contributed by atoms with E-state index < -0.39 is 18.6 Å². The lowest BCUT2D eigenvalue weighted by molar-refractivity contribution is -0.157. The van der Waals surface area contributed by atoms with Gasteiger partial charge >= 0.3 is 6.18 Å². The molecule has 0 spiro atoms. The van der Waals surface area contributed by atoms with Crippen LogP contribution in [0.5, 0.6) is 0 Å². The van der Waals surface area contributed by atoms with Crippen molar-refractivity contribution >= 4 is 29.3 Å². The van der Waals surface area contributed by atoms with Crippen LogP contribution in [0.4, 0.5) is 24.9 Å². The van der Waals surface area contributed by atoms with E-state index >= 15 is 0 Å². The molecule has 1 heterocycles. The standard InChI is InChI=1S/C9H11ClF3N5O/c1-18(4-9(11,12)13)7(19)3-15-6-2-5(10)16-8(14)17-6/h2H,3-4H2,1H3,(H3,14,15,16,17). The molecule has 0 saturated carbocycles. The maximum absolute atomic E-state index is 12.1. The molecule has 1 aromatic heterocycles. The Morgan fingerprint density at radius 2 is 2.16 bits per heavy atom. The van der Waals surface area contributed by atoms with Gasteiger partial charge in [-0.25, -0.2) is 4.98 Å². The minimum atomic E-state index is -4.44. The highest BCUT2D eigenvalue weighted by Gasteiger charge is 2.30. The van der Waals surface area contributed by atoms with Crippen LogP contribution < -0.4 is 11.1 Å². The van der Waals surface area contributed by atoms with Crippen molar-refractivity contribution in [3.8, 4) is 0 Å².